The number of hydrogen-bond acceptors (Lipinski definition) is 8. The summed E-state index contributed by atoms with van der Waals surface area (Å²) in [7, 11) is 1.51. The van der Waals surface area contributed by atoms with E-state index in [4.69, 9.17) is 14.2 Å². The molecule has 5 rings (SSSR count). The van der Waals surface area contributed by atoms with Gasteiger partial charge in [0.05, 0.1) is 30.6 Å². The van der Waals surface area contributed by atoms with Gasteiger partial charge in [0.15, 0.2) is 0 Å². The van der Waals surface area contributed by atoms with E-state index in [1.807, 2.05) is 35.2 Å². The molecule has 1 aliphatic carbocycles. The van der Waals surface area contributed by atoms with Crippen molar-refractivity contribution in [3.8, 4) is 0 Å². The van der Waals surface area contributed by atoms with Gasteiger partial charge in [-0.2, -0.15) is 0 Å². The van der Waals surface area contributed by atoms with E-state index in [2.05, 4.69) is 34.4 Å². The molecule has 1 aromatic rings. The number of hydrogen-bond donors (Lipinski definition) is 2. The van der Waals surface area contributed by atoms with Crippen LogP contribution in [0.1, 0.15) is 69.5 Å². The molecule has 4 fully saturated rings. The minimum Gasteiger partial charge on any atom is -0.455 e. The molecule has 11 nitrogen and oxygen atoms in total. The van der Waals surface area contributed by atoms with E-state index in [0.717, 1.165) is 32.1 Å². The molecule has 1 unspecified atom stereocenters. The van der Waals surface area contributed by atoms with Gasteiger partial charge < -0.3 is 34.4 Å². The molecule has 0 aromatic heterocycles. The number of fused-ring (bicyclic) bond motifs is 1. The number of allylic oxidation sites excluding steroid dienone is 1. The van der Waals surface area contributed by atoms with Crippen LogP contribution in [-0.4, -0.2) is 107 Å². The Balaban J connectivity index is 1.49. The van der Waals surface area contributed by atoms with E-state index >= 15 is 0 Å². The lowest BCUT2D eigenvalue weighted by Gasteiger charge is -2.41. The maximum Gasteiger partial charge on any atom is 0.313 e. The Kier molecular flexibility index (Phi) is 12.7. The largest absolute Gasteiger partial charge is 0.455 e. The number of ether oxygens (including phenoxy) is 3. The maximum atomic E-state index is 14.7. The van der Waals surface area contributed by atoms with E-state index < -0.39 is 47.7 Å². The van der Waals surface area contributed by atoms with Gasteiger partial charge in [0.25, 0.3) is 0 Å². The molecule has 2 N–H and O–H groups in total. The Morgan fingerprint density at radius 1 is 1.18 bits per heavy atom. The molecule has 1 saturated carbocycles. The number of aliphatic hydroxyl groups is 1. The van der Waals surface area contributed by atoms with E-state index in [-0.39, 0.29) is 61.2 Å². The van der Waals surface area contributed by atoms with Gasteiger partial charge >= 0.3 is 5.97 Å². The summed E-state index contributed by atoms with van der Waals surface area (Å²) in [6, 6.07) is 7.45. The molecular formula is C37H50BrN3O8. The quantitative estimate of drug-likeness (QED) is 0.140. The minimum atomic E-state index is -1.26. The standard InChI is InChI=1S/C37H50BrN3O8/c1-4-6-18-28(43)39-27(23-47-3)31(24-14-9-7-10-15-24)48-36(46)29-30-34(44)41(20-13-21-42)33(37(30)22-26(38)32(29)49-37)35(45)40(19-5-2)25-16-11-8-12-17-25/h4-5,7,9-10,14-15,25-27,29-33,42H,1-2,6,8,11-13,16-23H2,3H3,(H,39,43)/t26?,27-,29-,30+,31-,32-,33-,37+/m0/s1. The van der Waals surface area contributed by atoms with Gasteiger partial charge in [-0.3, -0.25) is 19.2 Å². The normalized spacial score (nSPS) is 28.8. The van der Waals surface area contributed by atoms with Crippen molar-refractivity contribution in [2.24, 2.45) is 11.8 Å². The van der Waals surface area contributed by atoms with Crippen molar-refractivity contribution in [1.82, 2.24) is 15.1 Å². The van der Waals surface area contributed by atoms with Gasteiger partial charge in [-0.15, -0.1) is 13.2 Å². The van der Waals surface area contributed by atoms with Crippen LogP contribution in [0.4, 0.5) is 0 Å². The molecule has 3 amide bonds. The predicted octanol–water partition coefficient (Wildman–Crippen LogP) is 3.85. The fraction of sp³-hybridized carbons (Fsp3) is 0.622. The van der Waals surface area contributed by atoms with E-state index in [1.165, 1.54) is 12.0 Å². The number of methoxy groups -OCH3 is 1. The zero-order chi connectivity index (χ0) is 35.1. The Bertz CT molecular complexity index is 1360. The summed E-state index contributed by atoms with van der Waals surface area (Å²) in [5, 5.41) is 12.7. The number of carbonyl (C=O) groups is 4. The number of alkyl halides is 1. The number of halogens is 1. The van der Waals surface area contributed by atoms with Crippen molar-refractivity contribution in [1.29, 1.82) is 0 Å². The van der Waals surface area contributed by atoms with Gasteiger partial charge in [-0.1, -0.05) is 77.7 Å². The molecule has 3 aliphatic heterocycles. The molecule has 49 heavy (non-hydrogen) atoms. The highest BCUT2D eigenvalue weighted by molar-refractivity contribution is 9.09. The zero-order valence-corrected chi connectivity index (χ0v) is 29.9. The lowest BCUT2D eigenvalue weighted by Crippen LogP contribution is -2.58. The molecule has 12 heteroatoms. The van der Waals surface area contributed by atoms with E-state index in [9.17, 15) is 24.3 Å². The first kappa shape index (κ1) is 37.2. The third kappa shape index (κ3) is 7.52. The van der Waals surface area contributed by atoms with Gasteiger partial charge in [-0.05, 0) is 37.7 Å². The SMILES string of the molecule is C=CCCC(=O)N[C@@H](COC)[C@@H](OC(=O)[C@@H]1[C@H]2O[C@@]3(CC2Br)[C@H](C(=O)N(CC=C)C2CCCCC2)N(CCCO)C(=O)[C@@H]13)c1ccccc1. The predicted molar refractivity (Wildman–Crippen MR) is 186 cm³/mol. The molecule has 1 aromatic carbocycles. The molecule has 268 valence electrons. The van der Waals surface area contributed by atoms with Gasteiger partial charge in [0, 0.05) is 44.1 Å². The Morgan fingerprint density at radius 2 is 1.92 bits per heavy atom. The number of benzene rings is 1. The molecule has 1 spiro atoms. The summed E-state index contributed by atoms with van der Waals surface area (Å²) < 4.78 is 18.5. The third-order valence-corrected chi connectivity index (χ3v) is 11.3. The van der Waals surface area contributed by atoms with Crippen LogP contribution < -0.4 is 5.32 Å². The molecule has 3 saturated heterocycles. The van der Waals surface area contributed by atoms with Crippen molar-refractivity contribution in [2.45, 2.75) is 98.5 Å². The Morgan fingerprint density at radius 3 is 2.57 bits per heavy atom. The summed E-state index contributed by atoms with van der Waals surface area (Å²) in [6.07, 6.45) is 7.99. The lowest BCUT2D eigenvalue weighted by molar-refractivity contribution is -0.163. The number of esters is 1. The lowest BCUT2D eigenvalue weighted by atomic mass is 9.70. The monoisotopic (exact) mass is 743 g/mol. The molecule has 4 aliphatic rings. The number of carbonyl (C=O) groups excluding carboxylic acids is 4. The fourth-order valence-electron chi connectivity index (χ4n) is 8.39. The van der Waals surface area contributed by atoms with Crippen LogP contribution in [0.2, 0.25) is 0 Å². The average molecular weight is 745 g/mol. The second-order valence-electron chi connectivity index (χ2n) is 13.6. The van der Waals surface area contributed by atoms with Crippen LogP contribution in [-0.2, 0) is 33.4 Å². The van der Waals surface area contributed by atoms with Crippen molar-refractivity contribution in [3.05, 3.63) is 61.2 Å². The summed E-state index contributed by atoms with van der Waals surface area (Å²) >= 11 is 3.74. The second-order valence-corrected chi connectivity index (χ2v) is 14.7. The van der Waals surface area contributed by atoms with Crippen LogP contribution in [0.5, 0.6) is 0 Å². The number of rotatable bonds is 17. The van der Waals surface area contributed by atoms with Crippen LogP contribution in [0.15, 0.2) is 55.6 Å². The number of amides is 3. The topological polar surface area (TPSA) is 135 Å². The number of nitrogens with one attached hydrogen (secondary N) is 1. The van der Waals surface area contributed by atoms with Crippen molar-refractivity contribution in [2.75, 3.05) is 33.4 Å². The smallest absolute Gasteiger partial charge is 0.313 e. The fourth-order valence-corrected chi connectivity index (χ4v) is 9.34. The first-order valence-electron chi connectivity index (χ1n) is 17.5. The van der Waals surface area contributed by atoms with Gasteiger partial charge in [0.2, 0.25) is 17.7 Å². The van der Waals surface area contributed by atoms with Gasteiger partial charge in [-0.25, -0.2) is 0 Å². The number of aliphatic hydroxyl groups excluding tert-OH is 1. The zero-order valence-electron chi connectivity index (χ0n) is 28.3. The van der Waals surface area contributed by atoms with Crippen molar-refractivity contribution >= 4 is 39.6 Å². The van der Waals surface area contributed by atoms with Crippen LogP contribution in [0.3, 0.4) is 0 Å². The van der Waals surface area contributed by atoms with Crippen molar-refractivity contribution < 1.29 is 38.5 Å². The number of nitrogens with zero attached hydrogens (tertiary/aromatic N) is 2. The third-order valence-electron chi connectivity index (χ3n) is 10.5. The minimum absolute atomic E-state index is 0.0228. The van der Waals surface area contributed by atoms with Crippen LogP contribution in [0, 0.1) is 11.8 Å². The highest BCUT2D eigenvalue weighted by Crippen LogP contribution is 2.60. The average Bonchev–Trinajstić information content (AvgIpc) is 3.70. The first-order valence-corrected chi connectivity index (χ1v) is 18.4. The molecule has 8 atom stereocenters. The molecule has 0 radical (unpaired) electrons. The highest BCUT2D eigenvalue weighted by Gasteiger charge is 2.77. The molecule has 3 heterocycles. The van der Waals surface area contributed by atoms with Crippen LogP contribution in [0.25, 0.3) is 0 Å². The Hall–Kier alpha value is -3.06. The van der Waals surface area contributed by atoms with E-state index in [1.54, 1.807) is 12.2 Å². The van der Waals surface area contributed by atoms with E-state index in [0.29, 0.717) is 24.9 Å². The highest BCUT2D eigenvalue weighted by atomic mass is 79.9. The summed E-state index contributed by atoms with van der Waals surface area (Å²) in [5.41, 5.74) is -0.605. The number of likely N-dealkylation sites (tertiary alicyclic amines) is 1. The van der Waals surface area contributed by atoms with Crippen molar-refractivity contribution in [3.63, 3.8) is 0 Å². The van der Waals surface area contributed by atoms with Gasteiger partial charge in [0.1, 0.15) is 17.7 Å². The summed E-state index contributed by atoms with van der Waals surface area (Å²) in [6.45, 7) is 8.00. The Labute approximate surface area is 297 Å². The first-order chi connectivity index (χ1) is 23.7. The summed E-state index contributed by atoms with van der Waals surface area (Å²) in [4.78, 5) is 59.6. The maximum absolute atomic E-state index is 14.7. The summed E-state index contributed by atoms with van der Waals surface area (Å²) in [5.74, 6) is -3.40. The van der Waals surface area contributed by atoms with Crippen LogP contribution >= 0.6 is 15.9 Å². The molecule has 2 bridgehead atoms. The second kappa shape index (κ2) is 16.8. The molecular weight excluding hydrogens is 694 g/mol.